The van der Waals surface area contributed by atoms with Crippen LogP contribution in [0.4, 0.5) is 4.39 Å². The molecule has 1 fully saturated rings. The van der Waals surface area contributed by atoms with Gasteiger partial charge in [-0.05, 0) is 65.5 Å². The summed E-state index contributed by atoms with van der Waals surface area (Å²) in [5, 5.41) is 3.26. The average molecular weight is 365 g/mol. The van der Waals surface area contributed by atoms with Crippen LogP contribution in [-0.2, 0) is 10.0 Å². The molecule has 0 saturated carbocycles. The standard InChI is InChI=1S/C13H18BrFN2O2S/c1-13(4-6-16-7-5-13)9-17-20(18,19)12-3-2-10(15)8-11(12)14/h2-3,8,16-17H,4-7,9H2,1H3. The first-order chi connectivity index (χ1) is 9.32. The van der Waals surface area contributed by atoms with Gasteiger partial charge in [0.05, 0.1) is 4.90 Å². The van der Waals surface area contributed by atoms with Crippen molar-refractivity contribution in [2.24, 2.45) is 5.41 Å². The molecule has 2 N–H and O–H groups in total. The monoisotopic (exact) mass is 364 g/mol. The van der Waals surface area contributed by atoms with E-state index in [1.54, 1.807) is 0 Å². The van der Waals surface area contributed by atoms with Crippen molar-refractivity contribution in [2.45, 2.75) is 24.7 Å². The molecule has 0 aliphatic carbocycles. The van der Waals surface area contributed by atoms with Gasteiger partial charge in [-0.15, -0.1) is 0 Å². The molecule has 1 aliphatic rings. The van der Waals surface area contributed by atoms with Crippen molar-refractivity contribution < 1.29 is 12.8 Å². The van der Waals surface area contributed by atoms with Crippen LogP contribution < -0.4 is 10.0 Å². The van der Waals surface area contributed by atoms with Crippen LogP contribution in [0.25, 0.3) is 0 Å². The molecule has 1 saturated heterocycles. The minimum absolute atomic E-state index is 0.0369. The van der Waals surface area contributed by atoms with Crippen molar-refractivity contribution in [1.29, 1.82) is 0 Å². The number of piperidine rings is 1. The lowest BCUT2D eigenvalue weighted by molar-refractivity contribution is 0.232. The Kier molecular flexibility index (Phi) is 4.84. The molecule has 0 atom stereocenters. The maximum atomic E-state index is 13.0. The summed E-state index contributed by atoms with van der Waals surface area (Å²) in [5.74, 6) is -0.471. The molecule has 0 aromatic heterocycles. The first-order valence-electron chi connectivity index (χ1n) is 6.48. The van der Waals surface area contributed by atoms with Crippen LogP contribution in [0.3, 0.4) is 0 Å². The molecule has 20 heavy (non-hydrogen) atoms. The topological polar surface area (TPSA) is 58.2 Å². The van der Waals surface area contributed by atoms with Crippen LogP contribution >= 0.6 is 15.9 Å². The quantitative estimate of drug-likeness (QED) is 0.861. The Bertz CT molecular complexity index is 586. The van der Waals surface area contributed by atoms with Crippen molar-refractivity contribution in [3.05, 3.63) is 28.5 Å². The summed E-state index contributed by atoms with van der Waals surface area (Å²) >= 11 is 3.09. The Morgan fingerprint density at radius 3 is 2.65 bits per heavy atom. The van der Waals surface area contributed by atoms with E-state index in [2.05, 4.69) is 32.9 Å². The third-order valence-electron chi connectivity index (χ3n) is 3.68. The lowest BCUT2D eigenvalue weighted by Crippen LogP contribution is -2.42. The predicted molar refractivity (Wildman–Crippen MR) is 79.5 cm³/mol. The fourth-order valence-electron chi connectivity index (χ4n) is 2.25. The van der Waals surface area contributed by atoms with Gasteiger partial charge >= 0.3 is 0 Å². The normalized spacial score (nSPS) is 18.9. The maximum Gasteiger partial charge on any atom is 0.241 e. The number of sulfonamides is 1. The fourth-order valence-corrected chi connectivity index (χ4v) is 4.49. The lowest BCUT2D eigenvalue weighted by Gasteiger charge is -2.34. The molecule has 1 heterocycles. The third kappa shape index (κ3) is 3.78. The van der Waals surface area contributed by atoms with E-state index >= 15 is 0 Å². The highest BCUT2D eigenvalue weighted by Crippen LogP contribution is 2.28. The summed E-state index contributed by atoms with van der Waals surface area (Å²) in [4.78, 5) is 0.0661. The molecule has 7 heteroatoms. The molecule has 0 bridgehead atoms. The third-order valence-corrected chi connectivity index (χ3v) is 6.06. The maximum absolute atomic E-state index is 13.0. The Hall–Kier alpha value is -0.500. The van der Waals surface area contributed by atoms with Gasteiger partial charge in [0.25, 0.3) is 0 Å². The number of rotatable bonds is 4. The number of hydrogen-bond acceptors (Lipinski definition) is 3. The van der Waals surface area contributed by atoms with Gasteiger partial charge in [-0.2, -0.15) is 0 Å². The molecular weight excluding hydrogens is 347 g/mol. The largest absolute Gasteiger partial charge is 0.317 e. The average Bonchev–Trinajstić information content (AvgIpc) is 2.37. The Morgan fingerprint density at radius 2 is 2.05 bits per heavy atom. The molecule has 112 valence electrons. The van der Waals surface area contributed by atoms with Crippen molar-refractivity contribution in [2.75, 3.05) is 19.6 Å². The second kappa shape index (κ2) is 6.09. The van der Waals surface area contributed by atoms with Crippen LogP contribution in [0.15, 0.2) is 27.6 Å². The van der Waals surface area contributed by atoms with E-state index in [0.717, 1.165) is 38.1 Å². The highest BCUT2D eigenvalue weighted by Gasteiger charge is 2.29. The summed E-state index contributed by atoms with van der Waals surface area (Å²) in [6.07, 6.45) is 1.86. The molecule has 2 rings (SSSR count). The summed E-state index contributed by atoms with van der Waals surface area (Å²) in [7, 11) is -3.63. The van der Waals surface area contributed by atoms with Crippen molar-refractivity contribution in [3.63, 3.8) is 0 Å². The lowest BCUT2D eigenvalue weighted by atomic mass is 9.81. The van der Waals surface area contributed by atoms with Crippen LogP contribution in [0.1, 0.15) is 19.8 Å². The number of nitrogens with one attached hydrogen (secondary N) is 2. The van der Waals surface area contributed by atoms with E-state index in [0.29, 0.717) is 6.54 Å². The van der Waals surface area contributed by atoms with E-state index in [-0.39, 0.29) is 14.8 Å². The molecule has 0 unspecified atom stereocenters. The first kappa shape index (κ1) is 15.9. The van der Waals surface area contributed by atoms with Crippen LogP contribution in [0.2, 0.25) is 0 Å². The highest BCUT2D eigenvalue weighted by atomic mass is 79.9. The molecular formula is C13H18BrFN2O2S. The zero-order valence-corrected chi connectivity index (χ0v) is 13.7. The van der Waals surface area contributed by atoms with Crippen LogP contribution in [-0.4, -0.2) is 28.1 Å². The summed E-state index contributed by atoms with van der Waals surface area (Å²) in [6, 6.07) is 3.57. The molecule has 1 aromatic rings. The smallest absolute Gasteiger partial charge is 0.241 e. The molecule has 0 amide bonds. The van der Waals surface area contributed by atoms with Gasteiger partial charge in [0.1, 0.15) is 5.82 Å². The van der Waals surface area contributed by atoms with Gasteiger partial charge in [0.15, 0.2) is 0 Å². The van der Waals surface area contributed by atoms with Gasteiger partial charge in [0.2, 0.25) is 10.0 Å². The van der Waals surface area contributed by atoms with E-state index < -0.39 is 15.8 Å². The van der Waals surface area contributed by atoms with E-state index in [9.17, 15) is 12.8 Å². The van der Waals surface area contributed by atoms with Gasteiger partial charge in [-0.1, -0.05) is 6.92 Å². The zero-order valence-electron chi connectivity index (χ0n) is 11.2. The molecule has 0 radical (unpaired) electrons. The minimum Gasteiger partial charge on any atom is -0.317 e. The second-order valence-electron chi connectivity index (χ2n) is 5.46. The number of hydrogen-bond donors (Lipinski definition) is 2. The van der Waals surface area contributed by atoms with Gasteiger partial charge < -0.3 is 5.32 Å². The molecule has 0 spiro atoms. The van der Waals surface area contributed by atoms with E-state index in [4.69, 9.17) is 0 Å². The van der Waals surface area contributed by atoms with Crippen molar-refractivity contribution in [1.82, 2.24) is 10.0 Å². The highest BCUT2D eigenvalue weighted by molar-refractivity contribution is 9.10. The fraction of sp³-hybridized carbons (Fsp3) is 0.538. The molecule has 1 aliphatic heterocycles. The Morgan fingerprint density at radius 1 is 1.40 bits per heavy atom. The van der Waals surface area contributed by atoms with Crippen LogP contribution in [0.5, 0.6) is 0 Å². The SMILES string of the molecule is CC1(CNS(=O)(=O)c2ccc(F)cc2Br)CCNCC1. The second-order valence-corrected chi connectivity index (χ2v) is 8.05. The van der Waals surface area contributed by atoms with Crippen molar-refractivity contribution >= 4 is 26.0 Å². The molecule has 4 nitrogen and oxygen atoms in total. The molecule has 1 aromatic carbocycles. The zero-order chi connectivity index (χ0) is 14.8. The van der Waals surface area contributed by atoms with Gasteiger partial charge in [-0.25, -0.2) is 17.5 Å². The Labute approximate surface area is 127 Å². The van der Waals surface area contributed by atoms with Crippen molar-refractivity contribution in [3.8, 4) is 0 Å². The first-order valence-corrected chi connectivity index (χ1v) is 8.76. The summed E-state index contributed by atoms with van der Waals surface area (Å²) < 4.78 is 40.4. The summed E-state index contributed by atoms with van der Waals surface area (Å²) in [6.45, 7) is 4.27. The number of halogens is 2. The minimum atomic E-state index is -3.63. The van der Waals surface area contributed by atoms with Crippen LogP contribution in [0, 0.1) is 11.2 Å². The van der Waals surface area contributed by atoms with Gasteiger partial charge in [0, 0.05) is 11.0 Å². The summed E-state index contributed by atoms with van der Waals surface area (Å²) in [5.41, 5.74) is -0.0369. The van der Waals surface area contributed by atoms with E-state index in [1.165, 1.54) is 6.07 Å². The van der Waals surface area contributed by atoms with E-state index in [1.807, 2.05) is 0 Å². The van der Waals surface area contributed by atoms with Gasteiger partial charge in [-0.3, -0.25) is 0 Å². The predicted octanol–water partition coefficient (Wildman–Crippen LogP) is 2.26. The number of benzene rings is 1. The Balaban J connectivity index is 2.11.